The van der Waals surface area contributed by atoms with Gasteiger partial charge in [0, 0.05) is 16.5 Å². The van der Waals surface area contributed by atoms with Crippen LogP contribution in [-0.4, -0.2) is 4.57 Å². The molecule has 1 aromatic heterocycles. The van der Waals surface area contributed by atoms with Crippen LogP contribution in [0.15, 0.2) is 60.7 Å². The number of hydrogen-bond acceptors (Lipinski definition) is 0. The molecule has 0 amide bonds. The summed E-state index contributed by atoms with van der Waals surface area (Å²) in [7, 11) is 0. The molecule has 0 spiro atoms. The molecule has 0 fully saturated rings. The fourth-order valence-corrected chi connectivity index (χ4v) is 4.03. The van der Waals surface area contributed by atoms with Crippen molar-refractivity contribution in [2.45, 2.75) is 59.3 Å². The molecule has 1 heterocycles. The first-order valence-corrected chi connectivity index (χ1v) is 10.2. The fraction of sp³-hybridized carbons (Fsp3) is 0.333. The van der Waals surface area contributed by atoms with Crippen LogP contribution in [0, 0.1) is 6.92 Å². The molecule has 3 aromatic carbocycles. The number of nitrogens with zero attached hydrogens (tertiary/aromatic N) is 1. The SMILES string of the molecule is Cc1ccccc1-n1c2ccc(C(C)(C)C)cc2c2cc(C(C)(C)C)ccc21. The predicted molar refractivity (Wildman–Crippen MR) is 123 cm³/mol. The number of para-hydroxylation sites is 1. The lowest BCUT2D eigenvalue weighted by Crippen LogP contribution is -2.10. The highest BCUT2D eigenvalue weighted by Crippen LogP contribution is 2.37. The Morgan fingerprint density at radius 1 is 0.607 bits per heavy atom. The smallest absolute Gasteiger partial charge is 0.0541 e. The maximum absolute atomic E-state index is 2.43. The van der Waals surface area contributed by atoms with Gasteiger partial charge in [0.15, 0.2) is 0 Å². The molecule has 0 saturated carbocycles. The summed E-state index contributed by atoms with van der Waals surface area (Å²) >= 11 is 0. The molecule has 144 valence electrons. The van der Waals surface area contributed by atoms with E-state index in [1.54, 1.807) is 0 Å². The van der Waals surface area contributed by atoms with Crippen LogP contribution in [0.4, 0.5) is 0 Å². The summed E-state index contributed by atoms with van der Waals surface area (Å²) in [6.45, 7) is 15.9. The van der Waals surface area contributed by atoms with Gasteiger partial charge in [-0.25, -0.2) is 0 Å². The van der Waals surface area contributed by atoms with Gasteiger partial charge in [0.25, 0.3) is 0 Å². The van der Waals surface area contributed by atoms with E-state index in [2.05, 4.69) is 114 Å². The third kappa shape index (κ3) is 3.03. The van der Waals surface area contributed by atoms with Gasteiger partial charge in [-0.05, 0) is 64.8 Å². The number of fused-ring (bicyclic) bond motifs is 3. The molecule has 0 N–H and O–H groups in total. The van der Waals surface area contributed by atoms with E-state index in [1.807, 2.05) is 0 Å². The van der Waals surface area contributed by atoms with E-state index < -0.39 is 0 Å². The van der Waals surface area contributed by atoms with Crippen molar-refractivity contribution in [1.82, 2.24) is 4.57 Å². The zero-order valence-corrected chi connectivity index (χ0v) is 18.2. The van der Waals surface area contributed by atoms with E-state index in [0.29, 0.717) is 0 Å². The minimum absolute atomic E-state index is 0.132. The Kier molecular flexibility index (Phi) is 4.19. The topological polar surface area (TPSA) is 4.93 Å². The summed E-state index contributed by atoms with van der Waals surface area (Å²) in [6, 6.07) is 22.7. The molecule has 0 aliphatic carbocycles. The summed E-state index contributed by atoms with van der Waals surface area (Å²) in [5.41, 5.74) is 8.14. The Hall–Kier alpha value is -2.54. The molecule has 0 aliphatic rings. The van der Waals surface area contributed by atoms with Gasteiger partial charge in [0.05, 0.1) is 11.0 Å². The van der Waals surface area contributed by atoms with Gasteiger partial charge in [-0.15, -0.1) is 0 Å². The van der Waals surface area contributed by atoms with E-state index in [1.165, 1.54) is 44.2 Å². The monoisotopic (exact) mass is 369 g/mol. The third-order valence-corrected chi connectivity index (χ3v) is 5.85. The van der Waals surface area contributed by atoms with Crippen molar-refractivity contribution in [2.24, 2.45) is 0 Å². The first-order chi connectivity index (χ1) is 13.1. The van der Waals surface area contributed by atoms with Gasteiger partial charge in [0.2, 0.25) is 0 Å². The second kappa shape index (κ2) is 6.24. The Morgan fingerprint density at radius 2 is 1.07 bits per heavy atom. The van der Waals surface area contributed by atoms with Crippen LogP contribution in [0.5, 0.6) is 0 Å². The lowest BCUT2D eigenvalue weighted by atomic mass is 9.85. The Labute approximate surface area is 169 Å². The van der Waals surface area contributed by atoms with Gasteiger partial charge >= 0.3 is 0 Å². The van der Waals surface area contributed by atoms with E-state index in [-0.39, 0.29) is 10.8 Å². The van der Waals surface area contributed by atoms with Crippen LogP contribution in [-0.2, 0) is 10.8 Å². The number of rotatable bonds is 1. The van der Waals surface area contributed by atoms with Crippen molar-refractivity contribution in [1.29, 1.82) is 0 Å². The maximum atomic E-state index is 2.43. The average Bonchev–Trinajstić information content (AvgIpc) is 2.94. The summed E-state index contributed by atoms with van der Waals surface area (Å²) in [5.74, 6) is 0. The van der Waals surface area contributed by atoms with Crippen LogP contribution in [0.1, 0.15) is 58.2 Å². The van der Waals surface area contributed by atoms with Crippen LogP contribution in [0.3, 0.4) is 0 Å². The molecular formula is C27H31N. The summed E-state index contributed by atoms with van der Waals surface area (Å²) in [5, 5.41) is 2.69. The predicted octanol–water partition coefficient (Wildman–Crippen LogP) is 7.69. The van der Waals surface area contributed by atoms with Crippen molar-refractivity contribution >= 4 is 21.8 Å². The number of benzene rings is 3. The Bertz CT molecular complexity index is 1110. The third-order valence-electron chi connectivity index (χ3n) is 5.85. The first kappa shape index (κ1) is 18.8. The van der Waals surface area contributed by atoms with E-state index in [9.17, 15) is 0 Å². The number of aryl methyl sites for hydroxylation is 1. The van der Waals surface area contributed by atoms with Crippen molar-refractivity contribution in [3.63, 3.8) is 0 Å². The summed E-state index contributed by atoms with van der Waals surface area (Å²) < 4.78 is 2.43. The molecule has 0 atom stereocenters. The number of aromatic nitrogens is 1. The molecule has 0 unspecified atom stereocenters. The van der Waals surface area contributed by atoms with Gasteiger partial charge in [-0.1, -0.05) is 71.9 Å². The molecule has 0 bridgehead atoms. The van der Waals surface area contributed by atoms with E-state index in [0.717, 1.165) is 0 Å². The highest BCUT2D eigenvalue weighted by molar-refractivity contribution is 6.10. The maximum Gasteiger partial charge on any atom is 0.0541 e. The second-order valence-corrected chi connectivity index (χ2v) is 10.1. The molecule has 0 aliphatic heterocycles. The van der Waals surface area contributed by atoms with Gasteiger partial charge in [-0.2, -0.15) is 0 Å². The Balaban J connectivity index is 2.15. The zero-order valence-electron chi connectivity index (χ0n) is 18.2. The summed E-state index contributed by atoms with van der Waals surface area (Å²) in [4.78, 5) is 0. The molecule has 4 rings (SSSR count). The lowest BCUT2D eigenvalue weighted by Gasteiger charge is -2.19. The molecule has 4 aromatic rings. The first-order valence-electron chi connectivity index (χ1n) is 10.2. The average molecular weight is 370 g/mol. The lowest BCUT2D eigenvalue weighted by molar-refractivity contribution is 0.590. The van der Waals surface area contributed by atoms with E-state index >= 15 is 0 Å². The van der Waals surface area contributed by atoms with Crippen LogP contribution < -0.4 is 0 Å². The van der Waals surface area contributed by atoms with Crippen molar-refractivity contribution in [3.8, 4) is 5.69 Å². The van der Waals surface area contributed by atoms with Crippen molar-refractivity contribution in [2.75, 3.05) is 0 Å². The van der Waals surface area contributed by atoms with Crippen LogP contribution in [0.2, 0.25) is 0 Å². The highest BCUT2D eigenvalue weighted by Gasteiger charge is 2.20. The largest absolute Gasteiger partial charge is 0.309 e. The molecule has 1 nitrogen and oxygen atoms in total. The van der Waals surface area contributed by atoms with Crippen LogP contribution >= 0.6 is 0 Å². The fourth-order valence-electron chi connectivity index (χ4n) is 4.03. The van der Waals surface area contributed by atoms with Gasteiger partial charge in [-0.3, -0.25) is 0 Å². The molecule has 0 saturated heterocycles. The standard InChI is InChI=1S/C27H31N/c1-18-10-8-9-11-23(18)28-24-14-12-19(26(2,3)4)16-21(24)22-17-20(27(5,6)7)13-15-25(22)28/h8-17H,1-7H3. The molecule has 1 heteroatoms. The number of hydrogen-bond donors (Lipinski definition) is 0. The second-order valence-electron chi connectivity index (χ2n) is 10.1. The minimum atomic E-state index is 0.132. The normalized spacial score (nSPS) is 12.8. The zero-order chi connectivity index (χ0) is 20.3. The molecule has 28 heavy (non-hydrogen) atoms. The molecular weight excluding hydrogens is 338 g/mol. The molecule has 0 radical (unpaired) electrons. The van der Waals surface area contributed by atoms with Gasteiger partial charge < -0.3 is 4.57 Å². The quantitative estimate of drug-likeness (QED) is 0.324. The summed E-state index contributed by atoms with van der Waals surface area (Å²) in [6.07, 6.45) is 0. The minimum Gasteiger partial charge on any atom is -0.309 e. The van der Waals surface area contributed by atoms with Gasteiger partial charge in [0.1, 0.15) is 0 Å². The Morgan fingerprint density at radius 3 is 1.50 bits per heavy atom. The van der Waals surface area contributed by atoms with Crippen LogP contribution in [0.25, 0.3) is 27.5 Å². The van der Waals surface area contributed by atoms with Crippen molar-refractivity contribution < 1.29 is 0 Å². The van der Waals surface area contributed by atoms with E-state index in [4.69, 9.17) is 0 Å². The van der Waals surface area contributed by atoms with Crippen molar-refractivity contribution in [3.05, 3.63) is 77.4 Å². The highest BCUT2D eigenvalue weighted by atomic mass is 15.0.